The molecule has 0 saturated heterocycles. The molecule has 1 aliphatic rings. The van der Waals surface area contributed by atoms with Crippen molar-refractivity contribution in [2.24, 2.45) is 0 Å². The number of hydrogen-bond donors (Lipinski definition) is 1. The third-order valence-electron chi connectivity index (χ3n) is 3.32. The van der Waals surface area contributed by atoms with E-state index in [4.69, 9.17) is 4.74 Å². The smallest absolute Gasteiger partial charge is 0.130 e. The standard InChI is InChI=1S/C15H20O2/c1-4-17-15-11(3)8-9-12-13(16)7-5-6-10(2)14(12)15/h6,8-9,13,16H,4-5,7H2,1-3H3. The molecule has 0 radical (unpaired) electrons. The largest absolute Gasteiger partial charge is 0.493 e. The van der Waals surface area contributed by atoms with E-state index in [1.165, 1.54) is 5.57 Å². The molecule has 2 rings (SSSR count). The molecule has 1 unspecified atom stereocenters. The van der Waals surface area contributed by atoms with Crippen molar-refractivity contribution in [3.8, 4) is 5.75 Å². The van der Waals surface area contributed by atoms with Crippen molar-refractivity contribution in [3.63, 3.8) is 0 Å². The maximum absolute atomic E-state index is 10.2. The van der Waals surface area contributed by atoms with Crippen LogP contribution in [-0.4, -0.2) is 11.7 Å². The van der Waals surface area contributed by atoms with Crippen LogP contribution in [0.25, 0.3) is 5.57 Å². The van der Waals surface area contributed by atoms with E-state index in [-0.39, 0.29) is 6.10 Å². The summed E-state index contributed by atoms with van der Waals surface area (Å²) in [6.07, 6.45) is 3.53. The van der Waals surface area contributed by atoms with Gasteiger partial charge in [0.05, 0.1) is 12.7 Å². The van der Waals surface area contributed by atoms with Gasteiger partial charge in [0.1, 0.15) is 5.75 Å². The number of rotatable bonds is 2. The van der Waals surface area contributed by atoms with Crippen molar-refractivity contribution in [3.05, 3.63) is 34.9 Å². The van der Waals surface area contributed by atoms with E-state index in [1.807, 2.05) is 19.1 Å². The van der Waals surface area contributed by atoms with Crippen LogP contribution >= 0.6 is 0 Å². The molecule has 0 saturated carbocycles. The average Bonchev–Trinajstić information content (AvgIpc) is 2.44. The lowest BCUT2D eigenvalue weighted by Crippen LogP contribution is -2.04. The Morgan fingerprint density at radius 3 is 2.82 bits per heavy atom. The molecule has 92 valence electrons. The molecule has 2 heteroatoms. The van der Waals surface area contributed by atoms with Crippen molar-refractivity contribution in [1.82, 2.24) is 0 Å². The van der Waals surface area contributed by atoms with E-state index in [9.17, 15) is 5.11 Å². The lowest BCUT2D eigenvalue weighted by atomic mass is 9.95. The number of aliphatic hydroxyl groups excluding tert-OH is 1. The lowest BCUT2D eigenvalue weighted by molar-refractivity contribution is 0.168. The monoisotopic (exact) mass is 232 g/mol. The summed E-state index contributed by atoms with van der Waals surface area (Å²) in [4.78, 5) is 0. The van der Waals surface area contributed by atoms with Gasteiger partial charge in [-0.25, -0.2) is 0 Å². The van der Waals surface area contributed by atoms with E-state index in [1.54, 1.807) is 0 Å². The number of aryl methyl sites for hydroxylation is 1. The fourth-order valence-electron chi connectivity index (χ4n) is 2.43. The van der Waals surface area contributed by atoms with E-state index >= 15 is 0 Å². The summed E-state index contributed by atoms with van der Waals surface area (Å²) in [6, 6.07) is 4.06. The molecular weight excluding hydrogens is 212 g/mol. The Morgan fingerprint density at radius 1 is 1.35 bits per heavy atom. The predicted molar refractivity (Wildman–Crippen MR) is 70.2 cm³/mol. The first kappa shape index (κ1) is 12.2. The van der Waals surface area contributed by atoms with Crippen molar-refractivity contribution in [1.29, 1.82) is 0 Å². The molecule has 1 atom stereocenters. The van der Waals surface area contributed by atoms with Crippen molar-refractivity contribution < 1.29 is 9.84 Å². The number of allylic oxidation sites excluding steroid dienone is 2. The predicted octanol–water partition coefficient (Wildman–Crippen LogP) is 3.62. The second-order valence-corrected chi connectivity index (χ2v) is 4.59. The third kappa shape index (κ3) is 2.22. The van der Waals surface area contributed by atoms with Crippen LogP contribution in [-0.2, 0) is 0 Å². The highest BCUT2D eigenvalue weighted by Crippen LogP contribution is 2.39. The Hall–Kier alpha value is -1.28. The fraction of sp³-hybridized carbons (Fsp3) is 0.467. The van der Waals surface area contributed by atoms with Crippen LogP contribution in [0.5, 0.6) is 5.75 Å². The number of ether oxygens (including phenoxy) is 1. The highest BCUT2D eigenvalue weighted by Gasteiger charge is 2.21. The van der Waals surface area contributed by atoms with Gasteiger partial charge in [0.2, 0.25) is 0 Å². The fourth-order valence-corrected chi connectivity index (χ4v) is 2.43. The zero-order chi connectivity index (χ0) is 12.4. The molecule has 0 spiro atoms. The van der Waals surface area contributed by atoms with E-state index in [0.717, 1.165) is 35.3 Å². The van der Waals surface area contributed by atoms with Crippen LogP contribution in [0, 0.1) is 6.92 Å². The van der Waals surface area contributed by atoms with E-state index in [0.29, 0.717) is 6.61 Å². The molecule has 2 nitrogen and oxygen atoms in total. The summed E-state index contributed by atoms with van der Waals surface area (Å²) < 4.78 is 5.76. The Morgan fingerprint density at radius 2 is 2.12 bits per heavy atom. The van der Waals surface area contributed by atoms with Gasteiger partial charge < -0.3 is 9.84 Å². The first-order chi connectivity index (χ1) is 8.15. The normalized spacial score (nSPS) is 19.3. The molecule has 1 aromatic rings. The number of fused-ring (bicyclic) bond motifs is 1. The highest BCUT2D eigenvalue weighted by molar-refractivity contribution is 5.74. The minimum Gasteiger partial charge on any atom is -0.493 e. The number of aliphatic hydroxyl groups is 1. The first-order valence-electron chi connectivity index (χ1n) is 6.26. The number of benzene rings is 1. The molecule has 0 bridgehead atoms. The van der Waals surface area contributed by atoms with Crippen LogP contribution in [0.1, 0.15) is 49.5 Å². The zero-order valence-corrected chi connectivity index (χ0v) is 10.8. The molecule has 0 aromatic heterocycles. The van der Waals surface area contributed by atoms with Crippen LogP contribution < -0.4 is 4.74 Å². The average molecular weight is 232 g/mol. The molecular formula is C15H20O2. The zero-order valence-electron chi connectivity index (χ0n) is 10.8. The van der Waals surface area contributed by atoms with Gasteiger partial charge in [-0.2, -0.15) is 0 Å². The second-order valence-electron chi connectivity index (χ2n) is 4.59. The molecule has 1 aromatic carbocycles. The minimum atomic E-state index is -0.376. The summed E-state index contributed by atoms with van der Waals surface area (Å²) in [5.41, 5.74) is 4.44. The Balaban J connectivity index is 2.63. The van der Waals surface area contributed by atoms with E-state index < -0.39 is 0 Å². The Kier molecular flexibility index (Phi) is 3.53. The van der Waals surface area contributed by atoms with Crippen LogP contribution in [0.3, 0.4) is 0 Å². The molecule has 1 aliphatic carbocycles. The van der Waals surface area contributed by atoms with Crippen molar-refractivity contribution in [2.45, 2.75) is 39.7 Å². The highest BCUT2D eigenvalue weighted by atomic mass is 16.5. The molecule has 17 heavy (non-hydrogen) atoms. The van der Waals surface area contributed by atoms with Gasteiger partial charge >= 0.3 is 0 Å². The Labute approximate surface area is 103 Å². The summed E-state index contributed by atoms with van der Waals surface area (Å²) >= 11 is 0. The maximum atomic E-state index is 10.2. The summed E-state index contributed by atoms with van der Waals surface area (Å²) in [5, 5.41) is 10.2. The third-order valence-corrected chi connectivity index (χ3v) is 3.32. The molecule has 1 N–H and O–H groups in total. The molecule has 0 aliphatic heterocycles. The van der Waals surface area contributed by atoms with Crippen LogP contribution in [0.2, 0.25) is 0 Å². The molecule has 0 amide bonds. The Bertz CT molecular complexity index is 446. The minimum absolute atomic E-state index is 0.376. The SMILES string of the molecule is CCOc1c(C)ccc2c1C(C)=CCCC2O. The van der Waals surface area contributed by atoms with Gasteiger partial charge in [-0.15, -0.1) is 0 Å². The van der Waals surface area contributed by atoms with Crippen LogP contribution in [0.15, 0.2) is 18.2 Å². The first-order valence-corrected chi connectivity index (χ1v) is 6.26. The van der Waals surface area contributed by atoms with Gasteiger partial charge in [0.25, 0.3) is 0 Å². The van der Waals surface area contributed by atoms with E-state index in [2.05, 4.69) is 19.9 Å². The molecule has 0 heterocycles. The van der Waals surface area contributed by atoms with Gasteiger partial charge in [-0.1, -0.05) is 18.2 Å². The topological polar surface area (TPSA) is 29.5 Å². The molecule has 0 fully saturated rings. The summed E-state index contributed by atoms with van der Waals surface area (Å²) in [6.45, 7) is 6.79. The van der Waals surface area contributed by atoms with Crippen LogP contribution in [0.4, 0.5) is 0 Å². The summed E-state index contributed by atoms with van der Waals surface area (Å²) in [5.74, 6) is 0.930. The second kappa shape index (κ2) is 4.92. The lowest BCUT2D eigenvalue weighted by Gasteiger charge is -2.19. The van der Waals surface area contributed by atoms with Gasteiger partial charge in [0.15, 0.2) is 0 Å². The van der Waals surface area contributed by atoms with Gasteiger partial charge in [0, 0.05) is 5.56 Å². The number of hydrogen-bond acceptors (Lipinski definition) is 2. The quantitative estimate of drug-likeness (QED) is 0.843. The van der Waals surface area contributed by atoms with Gasteiger partial charge in [-0.3, -0.25) is 0 Å². The van der Waals surface area contributed by atoms with Gasteiger partial charge in [-0.05, 0) is 50.3 Å². The summed E-state index contributed by atoms with van der Waals surface area (Å²) in [7, 11) is 0. The maximum Gasteiger partial charge on any atom is 0.130 e. The van der Waals surface area contributed by atoms with Crippen molar-refractivity contribution in [2.75, 3.05) is 6.61 Å². The van der Waals surface area contributed by atoms with Crippen molar-refractivity contribution >= 4 is 5.57 Å².